The van der Waals surface area contributed by atoms with Gasteiger partial charge in [0.1, 0.15) is 0 Å². The van der Waals surface area contributed by atoms with Gasteiger partial charge in [-0.05, 0) is 25.3 Å². The molecule has 1 aromatic carbocycles. The Hall–Kier alpha value is -1.75. The molecule has 1 aromatic rings. The van der Waals surface area contributed by atoms with Crippen LogP contribution in [-0.2, 0) is 11.2 Å². The number of hydrogen-bond donors (Lipinski definition) is 1. The summed E-state index contributed by atoms with van der Waals surface area (Å²) in [6.07, 6.45) is 8.04. The molecule has 0 aliphatic rings. The summed E-state index contributed by atoms with van der Waals surface area (Å²) < 4.78 is 0. The molecule has 0 heterocycles. The van der Waals surface area contributed by atoms with Crippen LogP contribution in [0.2, 0.25) is 0 Å². The minimum atomic E-state index is 0.0820. The summed E-state index contributed by atoms with van der Waals surface area (Å²) in [7, 11) is 0. The number of amides is 1. The van der Waals surface area contributed by atoms with Crippen LogP contribution in [0.1, 0.15) is 37.3 Å². The number of rotatable bonds is 6. The van der Waals surface area contributed by atoms with Crippen molar-refractivity contribution in [3.05, 3.63) is 35.4 Å². The molecule has 0 saturated heterocycles. The smallest absolute Gasteiger partial charge is 0.220 e. The fraction of sp³-hybridized carbons (Fsp3) is 0.438. The fourth-order valence-corrected chi connectivity index (χ4v) is 1.87. The standard InChI is InChI=1S/C16H21NO/c1-4-7-15(5-2)17-16(18)11-10-14-9-6-8-13(3)12-14/h1,6,8-9,12,15H,5,7,10-11H2,2-3H3,(H,17,18). The largest absolute Gasteiger partial charge is 0.352 e. The molecule has 1 rings (SSSR count). The van der Waals surface area contributed by atoms with E-state index in [9.17, 15) is 4.79 Å². The van der Waals surface area contributed by atoms with Gasteiger partial charge in [-0.25, -0.2) is 0 Å². The van der Waals surface area contributed by atoms with Gasteiger partial charge in [0.25, 0.3) is 0 Å². The van der Waals surface area contributed by atoms with Crippen molar-refractivity contribution in [2.75, 3.05) is 0 Å². The average Bonchev–Trinajstić information content (AvgIpc) is 2.36. The maximum atomic E-state index is 11.8. The number of nitrogens with one attached hydrogen (secondary N) is 1. The van der Waals surface area contributed by atoms with E-state index in [0.29, 0.717) is 12.8 Å². The molecule has 0 bridgehead atoms. The molecule has 0 aliphatic heterocycles. The summed E-state index contributed by atoms with van der Waals surface area (Å²) in [6.45, 7) is 4.09. The monoisotopic (exact) mass is 243 g/mol. The number of benzene rings is 1. The molecule has 0 aliphatic carbocycles. The summed E-state index contributed by atoms with van der Waals surface area (Å²) in [4.78, 5) is 11.8. The quantitative estimate of drug-likeness (QED) is 0.765. The second-order valence-corrected chi connectivity index (χ2v) is 4.57. The van der Waals surface area contributed by atoms with E-state index in [2.05, 4.69) is 36.4 Å². The molecular formula is C16H21NO. The lowest BCUT2D eigenvalue weighted by Crippen LogP contribution is -2.34. The van der Waals surface area contributed by atoms with Crippen LogP contribution < -0.4 is 5.32 Å². The number of hydrogen-bond acceptors (Lipinski definition) is 1. The molecule has 1 unspecified atom stereocenters. The van der Waals surface area contributed by atoms with E-state index in [1.165, 1.54) is 11.1 Å². The Labute approximate surface area is 110 Å². The zero-order chi connectivity index (χ0) is 13.4. The molecule has 18 heavy (non-hydrogen) atoms. The van der Waals surface area contributed by atoms with Crippen molar-refractivity contribution >= 4 is 5.91 Å². The van der Waals surface area contributed by atoms with Gasteiger partial charge >= 0.3 is 0 Å². The number of carbonyl (C=O) groups is 1. The van der Waals surface area contributed by atoms with Gasteiger partial charge in [0.05, 0.1) is 0 Å². The van der Waals surface area contributed by atoms with E-state index in [4.69, 9.17) is 6.42 Å². The predicted molar refractivity (Wildman–Crippen MR) is 75.2 cm³/mol. The third kappa shape index (κ3) is 5.05. The third-order valence-electron chi connectivity index (χ3n) is 2.95. The summed E-state index contributed by atoms with van der Waals surface area (Å²) >= 11 is 0. The molecule has 96 valence electrons. The maximum absolute atomic E-state index is 11.8. The summed E-state index contributed by atoms with van der Waals surface area (Å²) in [5, 5.41) is 2.97. The molecule has 2 nitrogen and oxygen atoms in total. The second kappa shape index (κ2) is 7.55. The van der Waals surface area contributed by atoms with Crippen LogP contribution in [-0.4, -0.2) is 11.9 Å². The Morgan fingerprint density at radius 1 is 1.50 bits per heavy atom. The molecule has 1 N–H and O–H groups in total. The molecular weight excluding hydrogens is 222 g/mol. The minimum absolute atomic E-state index is 0.0820. The first kappa shape index (κ1) is 14.3. The average molecular weight is 243 g/mol. The van der Waals surface area contributed by atoms with Crippen molar-refractivity contribution < 1.29 is 4.79 Å². The van der Waals surface area contributed by atoms with Crippen LogP contribution >= 0.6 is 0 Å². The van der Waals surface area contributed by atoms with Gasteiger partial charge in [-0.15, -0.1) is 12.3 Å². The molecule has 0 radical (unpaired) electrons. The lowest BCUT2D eigenvalue weighted by molar-refractivity contribution is -0.121. The Bertz CT molecular complexity index is 431. The summed E-state index contributed by atoms with van der Waals surface area (Å²) in [6, 6.07) is 8.37. The van der Waals surface area contributed by atoms with Crippen LogP contribution in [0.25, 0.3) is 0 Å². The van der Waals surface area contributed by atoms with Crippen LogP contribution in [0.3, 0.4) is 0 Å². The summed E-state index contributed by atoms with van der Waals surface area (Å²) in [5.41, 5.74) is 2.43. The number of terminal acetylenes is 1. The molecule has 0 aromatic heterocycles. The first-order valence-corrected chi connectivity index (χ1v) is 6.44. The van der Waals surface area contributed by atoms with Crippen LogP contribution in [0.5, 0.6) is 0 Å². The fourth-order valence-electron chi connectivity index (χ4n) is 1.87. The molecule has 1 amide bonds. The lowest BCUT2D eigenvalue weighted by Gasteiger charge is -2.14. The van der Waals surface area contributed by atoms with E-state index < -0.39 is 0 Å². The Morgan fingerprint density at radius 3 is 2.89 bits per heavy atom. The first-order valence-electron chi connectivity index (χ1n) is 6.44. The van der Waals surface area contributed by atoms with E-state index >= 15 is 0 Å². The Morgan fingerprint density at radius 2 is 2.28 bits per heavy atom. The molecule has 2 heteroatoms. The topological polar surface area (TPSA) is 29.1 Å². The SMILES string of the molecule is C#CCC(CC)NC(=O)CCc1cccc(C)c1. The van der Waals surface area contributed by atoms with Crippen LogP contribution in [0, 0.1) is 19.3 Å². The first-order chi connectivity index (χ1) is 8.65. The van der Waals surface area contributed by atoms with Crippen molar-refractivity contribution in [1.29, 1.82) is 0 Å². The van der Waals surface area contributed by atoms with Crippen molar-refractivity contribution in [2.45, 2.75) is 45.6 Å². The second-order valence-electron chi connectivity index (χ2n) is 4.57. The van der Waals surface area contributed by atoms with E-state index in [0.717, 1.165) is 12.8 Å². The van der Waals surface area contributed by atoms with Gasteiger partial charge in [0.15, 0.2) is 0 Å². The van der Waals surface area contributed by atoms with Gasteiger partial charge in [0.2, 0.25) is 5.91 Å². The van der Waals surface area contributed by atoms with Gasteiger partial charge in [0, 0.05) is 18.9 Å². The highest BCUT2D eigenvalue weighted by Crippen LogP contribution is 2.07. The van der Waals surface area contributed by atoms with Crippen molar-refractivity contribution in [3.63, 3.8) is 0 Å². The molecule has 0 saturated carbocycles. The molecule has 0 fully saturated rings. The van der Waals surface area contributed by atoms with Crippen molar-refractivity contribution in [3.8, 4) is 12.3 Å². The maximum Gasteiger partial charge on any atom is 0.220 e. The zero-order valence-corrected chi connectivity index (χ0v) is 11.2. The Kier molecular flexibility index (Phi) is 6.00. The predicted octanol–water partition coefficient (Wildman–Crippen LogP) is 2.85. The van der Waals surface area contributed by atoms with E-state index in [1.54, 1.807) is 0 Å². The van der Waals surface area contributed by atoms with Gasteiger partial charge in [-0.3, -0.25) is 4.79 Å². The Balaban J connectivity index is 2.39. The molecule has 0 spiro atoms. The highest BCUT2D eigenvalue weighted by molar-refractivity contribution is 5.76. The highest BCUT2D eigenvalue weighted by Gasteiger charge is 2.09. The van der Waals surface area contributed by atoms with Crippen LogP contribution in [0.15, 0.2) is 24.3 Å². The van der Waals surface area contributed by atoms with E-state index in [-0.39, 0.29) is 11.9 Å². The van der Waals surface area contributed by atoms with Crippen molar-refractivity contribution in [1.82, 2.24) is 5.32 Å². The van der Waals surface area contributed by atoms with Crippen molar-refractivity contribution in [2.24, 2.45) is 0 Å². The third-order valence-corrected chi connectivity index (χ3v) is 2.95. The van der Waals surface area contributed by atoms with Crippen LogP contribution in [0.4, 0.5) is 0 Å². The minimum Gasteiger partial charge on any atom is -0.352 e. The van der Waals surface area contributed by atoms with Gasteiger partial charge in [-0.2, -0.15) is 0 Å². The zero-order valence-electron chi connectivity index (χ0n) is 11.2. The van der Waals surface area contributed by atoms with Gasteiger partial charge < -0.3 is 5.32 Å². The number of aryl methyl sites for hydroxylation is 2. The molecule has 1 atom stereocenters. The number of carbonyl (C=O) groups excluding carboxylic acids is 1. The highest BCUT2D eigenvalue weighted by atomic mass is 16.1. The lowest BCUT2D eigenvalue weighted by atomic mass is 10.1. The normalized spacial score (nSPS) is 11.6. The summed E-state index contributed by atoms with van der Waals surface area (Å²) in [5.74, 6) is 2.67. The van der Waals surface area contributed by atoms with E-state index in [1.807, 2.05) is 13.0 Å². The van der Waals surface area contributed by atoms with Gasteiger partial charge in [-0.1, -0.05) is 36.8 Å².